The zero-order valence-corrected chi connectivity index (χ0v) is 47.0. The highest BCUT2D eigenvalue weighted by Gasteiger charge is 2.53. The van der Waals surface area contributed by atoms with Gasteiger partial charge in [0.25, 0.3) is 0 Å². The van der Waals surface area contributed by atoms with Gasteiger partial charge < -0.3 is 9.23 Å². The molecule has 2 nitrogen and oxygen atoms in total. The topological polar surface area (TPSA) is 16.4 Å². The number of hydrogen-bond donors (Lipinski definition) is 0. The Morgan fingerprint density at radius 3 is 1.93 bits per heavy atom. The van der Waals surface area contributed by atoms with Crippen LogP contribution in [0.5, 0.6) is 0 Å². The van der Waals surface area contributed by atoms with E-state index in [9.17, 15) is 0 Å². The SMILES string of the molecule is Cc1cccc(C)c1-c1cc2c3c(c1)C(Cc1ccc(C(C)(C)C)cc1-c1ccccc1)c1oc4cc5c6cc4c1B3N(c1cc3c(c(c1)C6(C)CCC5(C)C)C(C)(C)CCC3(C)C)c1cc(-c3ccccc3)ccc1-2. The fourth-order valence-electron chi connectivity index (χ4n) is 15.4. The smallest absolute Gasteiger partial charge is 0.333 e. The first-order valence-electron chi connectivity index (χ1n) is 28.4. The number of furan rings is 1. The summed E-state index contributed by atoms with van der Waals surface area (Å²) in [6.07, 6.45) is 5.32. The second kappa shape index (κ2) is 16.1. The zero-order valence-electron chi connectivity index (χ0n) is 47.0. The van der Waals surface area contributed by atoms with Gasteiger partial charge in [0.15, 0.2) is 0 Å². The highest BCUT2D eigenvalue weighted by Crippen LogP contribution is 2.59. The summed E-state index contributed by atoms with van der Waals surface area (Å²) >= 11 is 0. The third-order valence-corrected chi connectivity index (χ3v) is 19.9. The molecule has 14 rings (SSSR count). The van der Waals surface area contributed by atoms with E-state index in [1.54, 1.807) is 5.56 Å². The zero-order chi connectivity index (χ0) is 52.6. The van der Waals surface area contributed by atoms with Crippen molar-refractivity contribution >= 4 is 40.1 Å². The summed E-state index contributed by atoms with van der Waals surface area (Å²) in [7, 11) is 0. The molecule has 378 valence electrons. The highest BCUT2D eigenvalue weighted by atomic mass is 16.3. The first-order chi connectivity index (χ1) is 36.2. The molecule has 2 atom stereocenters. The molecule has 4 bridgehead atoms. The van der Waals surface area contributed by atoms with Crippen LogP contribution >= 0.6 is 0 Å². The van der Waals surface area contributed by atoms with Crippen LogP contribution in [0.4, 0.5) is 11.4 Å². The van der Waals surface area contributed by atoms with Crippen molar-refractivity contribution in [3.05, 3.63) is 213 Å². The van der Waals surface area contributed by atoms with Gasteiger partial charge in [0.05, 0.1) is 0 Å². The number of hydrogen-bond acceptors (Lipinski definition) is 2. The number of fused-ring (bicyclic) bond motifs is 9. The van der Waals surface area contributed by atoms with E-state index in [4.69, 9.17) is 4.42 Å². The van der Waals surface area contributed by atoms with E-state index in [0.717, 1.165) is 37.0 Å². The van der Waals surface area contributed by atoms with Crippen molar-refractivity contribution in [3.8, 4) is 44.5 Å². The molecule has 9 aromatic rings. The quantitative estimate of drug-likeness (QED) is 0.160. The second-order valence-corrected chi connectivity index (χ2v) is 27.1. The van der Waals surface area contributed by atoms with Gasteiger partial charge in [-0.25, -0.2) is 0 Å². The van der Waals surface area contributed by atoms with E-state index >= 15 is 0 Å². The van der Waals surface area contributed by atoms with Gasteiger partial charge in [-0.2, -0.15) is 0 Å². The average molecular weight is 990 g/mol. The summed E-state index contributed by atoms with van der Waals surface area (Å²) in [6.45, 7) is 29.2. The van der Waals surface area contributed by atoms with Gasteiger partial charge in [-0.3, -0.25) is 0 Å². The second-order valence-electron chi connectivity index (χ2n) is 27.1. The van der Waals surface area contributed by atoms with Crippen LogP contribution in [0.3, 0.4) is 0 Å². The number of nitrogens with zero attached hydrogens (tertiary/aromatic N) is 1. The van der Waals surface area contributed by atoms with Crippen LogP contribution in [-0.2, 0) is 33.5 Å². The van der Waals surface area contributed by atoms with E-state index in [-0.39, 0.29) is 39.8 Å². The minimum Gasteiger partial charge on any atom is -0.461 e. The third kappa shape index (κ3) is 6.85. The maximum atomic E-state index is 7.87. The molecule has 3 aliphatic heterocycles. The van der Waals surface area contributed by atoms with E-state index in [1.807, 2.05) is 0 Å². The minimum atomic E-state index is -0.220. The Kier molecular flexibility index (Phi) is 10.1. The predicted molar refractivity (Wildman–Crippen MR) is 322 cm³/mol. The first-order valence-corrected chi connectivity index (χ1v) is 28.4. The molecule has 0 radical (unpaired) electrons. The van der Waals surface area contributed by atoms with E-state index in [0.29, 0.717) is 0 Å². The van der Waals surface area contributed by atoms with Crippen molar-refractivity contribution in [2.45, 2.75) is 148 Å². The van der Waals surface area contributed by atoms with Crippen molar-refractivity contribution in [2.75, 3.05) is 4.81 Å². The molecule has 3 heteroatoms. The Hall–Kier alpha value is -6.84. The minimum absolute atomic E-state index is 0.00402. The van der Waals surface area contributed by atoms with Crippen LogP contribution in [0.15, 0.2) is 156 Å². The van der Waals surface area contributed by atoms with Crippen molar-refractivity contribution < 1.29 is 4.42 Å². The summed E-state index contributed by atoms with van der Waals surface area (Å²) in [5.74, 6) is 1.05. The third-order valence-electron chi connectivity index (χ3n) is 19.9. The maximum Gasteiger partial charge on any atom is 0.333 e. The highest BCUT2D eigenvalue weighted by molar-refractivity contribution is 6.93. The van der Waals surface area contributed by atoms with E-state index < -0.39 is 0 Å². The molecule has 0 N–H and O–H groups in total. The Balaban J connectivity index is 1.16. The molecule has 1 aromatic heterocycles. The van der Waals surface area contributed by atoms with Crippen molar-refractivity contribution in [1.29, 1.82) is 0 Å². The number of aryl methyl sites for hydroxylation is 2. The van der Waals surface area contributed by atoms with Gasteiger partial charge in [0.1, 0.15) is 11.3 Å². The van der Waals surface area contributed by atoms with Gasteiger partial charge in [0, 0.05) is 33.7 Å². The average Bonchev–Trinajstić information content (AvgIpc) is 3.91. The van der Waals surface area contributed by atoms with Crippen molar-refractivity contribution in [3.63, 3.8) is 0 Å². The molecule has 0 spiro atoms. The molecule has 0 amide bonds. The van der Waals surface area contributed by atoms with Crippen molar-refractivity contribution in [2.24, 2.45) is 0 Å². The van der Waals surface area contributed by atoms with Gasteiger partial charge >= 0.3 is 6.85 Å². The van der Waals surface area contributed by atoms with E-state index in [2.05, 4.69) is 240 Å². The molecule has 4 heterocycles. The van der Waals surface area contributed by atoms with Gasteiger partial charge in [-0.1, -0.05) is 184 Å². The molecule has 2 aliphatic carbocycles. The lowest BCUT2D eigenvalue weighted by Gasteiger charge is -2.51. The number of rotatable bonds is 5. The molecule has 5 aliphatic rings. The fourth-order valence-corrected chi connectivity index (χ4v) is 15.4. The van der Waals surface area contributed by atoms with Crippen LogP contribution < -0.4 is 15.7 Å². The molecule has 0 saturated heterocycles. The molecule has 8 aromatic carbocycles. The Bertz CT molecular complexity index is 3900. The standard InChI is InChI=1S/C73H72BNO/c1-43-20-19-21-44(2)64(43)49-35-54-52-29-27-47(45-22-15-13-16-23-45)37-62(52)75-51-39-60-65(72(10,11)31-30-71(60,8)9)61(40-51)73(12)33-32-70(6,7)58-42-63-57(41-59(58)73)67-68(76-63)56(55(36-49)66(54)74(67)75)34-48-26-28-50(69(3,4)5)38-53(48)46-24-17-14-18-25-46/h13-29,35-42,56H,30-34H2,1-12H3. The van der Waals surface area contributed by atoms with Crippen LogP contribution in [0.25, 0.3) is 55.5 Å². The first kappa shape index (κ1) is 47.6. The summed E-state index contributed by atoms with van der Waals surface area (Å²) in [4.78, 5) is 2.82. The van der Waals surface area contributed by atoms with Gasteiger partial charge in [-0.15, -0.1) is 0 Å². The lowest BCUT2D eigenvalue weighted by Crippen LogP contribution is -2.62. The molecule has 2 unspecified atom stereocenters. The fraction of sp³-hybridized carbons (Fsp3) is 0.315. The summed E-state index contributed by atoms with van der Waals surface area (Å²) < 4.78 is 7.87. The van der Waals surface area contributed by atoms with Crippen LogP contribution in [0.2, 0.25) is 0 Å². The molecule has 76 heavy (non-hydrogen) atoms. The maximum absolute atomic E-state index is 7.87. The van der Waals surface area contributed by atoms with Crippen LogP contribution in [0.1, 0.15) is 162 Å². The number of anilines is 2. The molecule has 0 saturated carbocycles. The largest absolute Gasteiger partial charge is 0.461 e. The molecular formula is C73H72BNO. The predicted octanol–water partition coefficient (Wildman–Crippen LogP) is 18.0. The lowest BCUT2D eigenvalue weighted by molar-refractivity contribution is 0.312. The Morgan fingerprint density at radius 1 is 0.539 bits per heavy atom. The van der Waals surface area contributed by atoms with Gasteiger partial charge in [0.2, 0.25) is 0 Å². The Labute approximate surface area is 452 Å². The van der Waals surface area contributed by atoms with Crippen LogP contribution in [-0.4, -0.2) is 6.85 Å². The Morgan fingerprint density at radius 2 is 1.21 bits per heavy atom. The van der Waals surface area contributed by atoms with E-state index in [1.165, 1.54) is 129 Å². The van der Waals surface area contributed by atoms with Crippen LogP contribution in [0, 0.1) is 13.8 Å². The summed E-state index contributed by atoms with van der Waals surface area (Å²) in [5.41, 5.74) is 30.6. The lowest BCUT2D eigenvalue weighted by atomic mass is 9.40. The molecule has 0 fully saturated rings. The number of benzene rings is 8. The monoisotopic (exact) mass is 990 g/mol. The normalized spacial score (nSPS) is 19.9. The van der Waals surface area contributed by atoms with Gasteiger partial charge in [-0.05, 0) is 210 Å². The summed E-state index contributed by atoms with van der Waals surface area (Å²) in [6, 6.07) is 59.5. The summed E-state index contributed by atoms with van der Waals surface area (Å²) in [5, 5.41) is 1.28. The molecular weight excluding hydrogens is 918 g/mol. The van der Waals surface area contributed by atoms with Crippen molar-refractivity contribution in [1.82, 2.24) is 0 Å².